The minimum absolute atomic E-state index is 0.117. The topological polar surface area (TPSA) is 98.0 Å². The lowest BCUT2D eigenvalue weighted by molar-refractivity contribution is 0.605. The first-order valence-electron chi connectivity index (χ1n) is 4.69. The van der Waals surface area contributed by atoms with E-state index in [1.54, 1.807) is 0 Å². The molecule has 0 spiro atoms. The number of fused-ring (bicyclic) bond motifs is 1. The van der Waals surface area contributed by atoms with Gasteiger partial charge in [-0.2, -0.15) is 8.75 Å². The number of nitrogens with two attached hydrogens (primary N) is 1. The van der Waals surface area contributed by atoms with Crippen LogP contribution < -0.4 is 10.5 Å². The molecule has 6 nitrogen and oxygen atoms in total. The smallest absolute Gasteiger partial charge is 0.239 e. The molecule has 0 aliphatic rings. The summed E-state index contributed by atoms with van der Waals surface area (Å²) in [6.07, 6.45) is 0. The molecule has 1 heterocycles. The van der Waals surface area contributed by atoms with Gasteiger partial charge in [-0.25, -0.2) is 8.42 Å². The Morgan fingerprint density at radius 3 is 2.63 bits per heavy atom. The Morgan fingerprint density at radius 1 is 1.37 bits per heavy atom. The molecule has 0 unspecified atom stereocenters. The number of halogens is 2. The molecule has 0 saturated carbocycles. The fourth-order valence-electron chi connectivity index (χ4n) is 1.35. The van der Waals surface area contributed by atoms with Gasteiger partial charge in [0.25, 0.3) is 0 Å². The van der Waals surface area contributed by atoms with E-state index in [1.807, 2.05) is 0 Å². The summed E-state index contributed by atoms with van der Waals surface area (Å²) in [5.41, 5.74) is 6.00. The molecule has 1 aromatic carbocycles. The second-order valence-electron chi connectivity index (χ2n) is 3.50. The minimum Gasteiger partial charge on any atom is -0.392 e. The van der Waals surface area contributed by atoms with Crippen LogP contribution in [0.1, 0.15) is 0 Å². The van der Waals surface area contributed by atoms with Gasteiger partial charge in [0.1, 0.15) is 16.8 Å². The van der Waals surface area contributed by atoms with Crippen LogP contribution in [0, 0.1) is 0 Å². The standard InChI is InChI=1S/C8H6Cl2N4O2S3/c9-3-1-4(10)7(8-6(3)12-18-13-8)14-19(15,16)2-5(11)17/h1,14H,2H2,(H2,11,17). The number of hydrogen-bond acceptors (Lipinski definition) is 6. The molecule has 3 N–H and O–H groups in total. The lowest BCUT2D eigenvalue weighted by Crippen LogP contribution is -2.26. The van der Waals surface area contributed by atoms with E-state index in [9.17, 15) is 8.42 Å². The van der Waals surface area contributed by atoms with Crippen molar-refractivity contribution >= 4 is 78.9 Å². The molecular formula is C8H6Cl2N4O2S3. The summed E-state index contributed by atoms with van der Waals surface area (Å²) in [6, 6.07) is 1.39. The summed E-state index contributed by atoms with van der Waals surface area (Å²) in [7, 11) is -3.75. The van der Waals surface area contributed by atoms with E-state index >= 15 is 0 Å². The van der Waals surface area contributed by atoms with Gasteiger partial charge >= 0.3 is 0 Å². The van der Waals surface area contributed by atoms with E-state index in [0.717, 1.165) is 11.7 Å². The Balaban J connectivity index is 2.52. The fourth-order valence-corrected chi connectivity index (χ4v) is 4.00. The third-order valence-corrected chi connectivity index (χ3v) is 4.68. The average Bonchev–Trinajstić information content (AvgIpc) is 2.71. The highest BCUT2D eigenvalue weighted by molar-refractivity contribution is 7.95. The van der Waals surface area contributed by atoms with Gasteiger partial charge in [-0.05, 0) is 6.07 Å². The molecule has 19 heavy (non-hydrogen) atoms. The number of aromatic nitrogens is 2. The normalized spacial score (nSPS) is 11.7. The molecule has 0 atom stereocenters. The maximum absolute atomic E-state index is 11.8. The number of nitrogens with zero attached hydrogens (tertiary/aromatic N) is 2. The Labute approximate surface area is 128 Å². The highest BCUT2D eigenvalue weighted by Gasteiger charge is 2.19. The molecule has 102 valence electrons. The Bertz CT molecular complexity index is 759. The molecule has 0 aliphatic carbocycles. The summed E-state index contributed by atoms with van der Waals surface area (Å²) in [5, 5.41) is 0.419. The first-order valence-corrected chi connectivity index (χ1v) is 8.24. The number of thiocarbonyl (C=S) groups is 1. The van der Waals surface area contributed by atoms with Gasteiger partial charge in [0.05, 0.1) is 32.4 Å². The minimum atomic E-state index is -3.75. The van der Waals surface area contributed by atoms with Crippen molar-refractivity contribution in [2.24, 2.45) is 5.73 Å². The molecule has 0 radical (unpaired) electrons. The van der Waals surface area contributed by atoms with Crippen molar-refractivity contribution in [3.05, 3.63) is 16.1 Å². The number of sulfonamides is 1. The molecule has 0 bridgehead atoms. The van der Waals surface area contributed by atoms with Gasteiger partial charge in [-0.15, -0.1) is 0 Å². The van der Waals surface area contributed by atoms with Crippen LogP contribution in [0.2, 0.25) is 10.0 Å². The highest BCUT2D eigenvalue weighted by atomic mass is 35.5. The third kappa shape index (κ3) is 3.23. The van der Waals surface area contributed by atoms with Crippen molar-refractivity contribution in [3.8, 4) is 0 Å². The Hall–Kier alpha value is -0.740. The van der Waals surface area contributed by atoms with Gasteiger partial charge < -0.3 is 5.73 Å². The maximum atomic E-state index is 11.8. The van der Waals surface area contributed by atoms with Crippen molar-refractivity contribution in [1.29, 1.82) is 0 Å². The van der Waals surface area contributed by atoms with Crippen molar-refractivity contribution in [2.75, 3.05) is 10.5 Å². The number of benzene rings is 1. The van der Waals surface area contributed by atoms with Crippen LogP contribution in [0.5, 0.6) is 0 Å². The number of nitrogens with one attached hydrogen (secondary N) is 1. The van der Waals surface area contributed by atoms with E-state index in [4.69, 9.17) is 28.9 Å². The average molecular weight is 357 g/mol. The van der Waals surface area contributed by atoms with Gasteiger partial charge in [-0.1, -0.05) is 35.4 Å². The Kier molecular flexibility index (Phi) is 4.11. The molecular weight excluding hydrogens is 351 g/mol. The molecule has 11 heteroatoms. The Morgan fingerprint density at radius 2 is 2.00 bits per heavy atom. The molecule has 0 saturated heterocycles. The van der Waals surface area contributed by atoms with E-state index in [-0.39, 0.29) is 21.2 Å². The first kappa shape index (κ1) is 14.7. The molecule has 0 fully saturated rings. The lowest BCUT2D eigenvalue weighted by atomic mass is 10.3. The predicted molar refractivity (Wildman–Crippen MR) is 81.6 cm³/mol. The zero-order chi connectivity index (χ0) is 14.2. The van der Waals surface area contributed by atoms with Crippen molar-refractivity contribution in [3.63, 3.8) is 0 Å². The number of rotatable bonds is 4. The quantitative estimate of drug-likeness (QED) is 0.813. The monoisotopic (exact) mass is 356 g/mol. The zero-order valence-electron chi connectivity index (χ0n) is 9.05. The van der Waals surface area contributed by atoms with Gasteiger partial charge in [-0.3, -0.25) is 4.72 Å². The van der Waals surface area contributed by atoms with Crippen molar-refractivity contribution in [2.45, 2.75) is 0 Å². The molecule has 2 aromatic rings. The van der Waals surface area contributed by atoms with Crippen LogP contribution in [-0.2, 0) is 10.0 Å². The third-order valence-electron chi connectivity index (χ3n) is 2.03. The largest absolute Gasteiger partial charge is 0.392 e. The van der Waals surface area contributed by atoms with Gasteiger partial charge in [0.2, 0.25) is 10.0 Å². The van der Waals surface area contributed by atoms with Crippen molar-refractivity contribution < 1.29 is 8.42 Å². The molecule has 2 rings (SSSR count). The summed E-state index contributed by atoms with van der Waals surface area (Å²) in [6.45, 7) is 0. The van der Waals surface area contributed by atoms with Crippen molar-refractivity contribution in [1.82, 2.24) is 8.75 Å². The molecule has 1 aromatic heterocycles. The first-order chi connectivity index (χ1) is 8.80. The van der Waals surface area contributed by atoms with Crippen LogP contribution in [-0.4, -0.2) is 27.9 Å². The van der Waals surface area contributed by atoms with Crippen LogP contribution in [0.25, 0.3) is 11.0 Å². The second-order valence-corrected chi connectivity index (χ2v) is 7.09. The fraction of sp³-hybridized carbons (Fsp3) is 0.125. The molecule has 0 aliphatic heterocycles. The van der Waals surface area contributed by atoms with E-state index in [1.165, 1.54) is 6.07 Å². The lowest BCUT2D eigenvalue weighted by Gasteiger charge is -2.09. The van der Waals surface area contributed by atoms with Gasteiger partial charge in [0.15, 0.2) is 0 Å². The van der Waals surface area contributed by atoms with Crippen LogP contribution in [0.4, 0.5) is 5.69 Å². The van der Waals surface area contributed by atoms with Crippen LogP contribution >= 0.6 is 47.1 Å². The summed E-state index contributed by atoms with van der Waals surface area (Å²) >= 11 is 17.4. The van der Waals surface area contributed by atoms with Crippen LogP contribution in [0.15, 0.2) is 6.07 Å². The summed E-state index contributed by atoms with van der Waals surface area (Å²) in [5.74, 6) is -0.486. The van der Waals surface area contributed by atoms with E-state index in [2.05, 4.69) is 25.7 Å². The highest BCUT2D eigenvalue weighted by Crippen LogP contribution is 2.35. The second kappa shape index (κ2) is 5.33. The number of anilines is 1. The zero-order valence-corrected chi connectivity index (χ0v) is 13.0. The SMILES string of the molecule is NC(=S)CS(=O)(=O)Nc1c(Cl)cc(Cl)c2nsnc12. The summed E-state index contributed by atoms with van der Waals surface area (Å²) < 4.78 is 33.8. The van der Waals surface area contributed by atoms with E-state index in [0.29, 0.717) is 10.5 Å². The summed E-state index contributed by atoms with van der Waals surface area (Å²) in [4.78, 5) is -0.148. The maximum Gasteiger partial charge on any atom is 0.239 e. The van der Waals surface area contributed by atoms with Crippen LogP contribution in [0.3, 0.4) is 0 Å². The van der Waals surface area contributed by atoms with Gasteiger partial charge in [0, 0.05) is 0 Å². The predicted octanol–water partition coefficient (Wildman–Crippen LogP) is 2.03. The van der Waals surface area contributed by atoms with E-state index < -0.39 is 15.8 Å². The molecule has 0 amide bonds. The number of hydrogen-bond donors (Lipinski definition) is 2.